The van der Waals surface area contributed by atoms with Crippen molar-refractivity contribution in [2.75, 3.05) is 25.4 Å². The lowest BCUT2D eigenvalue weighted by atomic mass is 10.2. The molecule has 0 aliphatic rings. The molecule has 6 heteroatoms. The standard InChI is InChI=1S/C15H24N2O2S2/c1-3-9-17(10-4-2)11-12-21(18,19)14-7-5-13(6-8-14)15(16)20/h5-8H,3-4,9-12H2,1-2H3,(H2,16,20). The van der Waals surface area contributed by atoms with Crippen LogP contribution in [0.25, 0.3) is 0 Å². The first-order valence-electron chi connectivity index (χ1n) is 7.25. The van der Waals surface area contributed by atoms with E-state index in [0.717, 1.165) is 25.9 Å². The Balaban J connectivity index is 2.74. The Morgan fingerprint density at radius 3 is 2.05 bits per heavy atom. The second-order valence-corrected chi connectivity index (χ2v) is 7.60. The summed E-state index contributed by atoms with van der Waals surface area (Å²) in [5.41, 5.74) is 6.20. The Hall–Kier alpha value is -0.980. The molecule has 21 heavy (non-hydrogen) atoms. The largest absolute Gasteiger partial charge is 0.389 e. The molecule has 1 aromatic rings. The summed E-state index contributed by atoms with van der Waals surface area (Å²) >= 11 is 4.86. The first kappa shape index (κ1) is 18.1. The summed E-state index contributed by atoms with van der Waals surface area (Å²) in [6, 6.07) is 6.47. The Kier molecular flexibility index (Phi) is 7.28. The van der Waals surface area contributed by atoms with E-state index in [2.05, 4.69) is 18.7 Å². The maximum absolute atomic E-state index is 12.3. The first-order valence-corrected chi connectivity index (χ1v) is 9.31. The summed E-state index contributed by atoms with van der Waals surface area (Å²) in [6.45, 7) is 6.64. The highest BCUT2D eigenvalue weighted by molar-refractivity contribution is 7.91. The number of benzene rings is 1. The van der Waals surface area contributed by atoms with E-state index >= 15 is 0 Å². The summed E-state index contributed by atoms with van der Waals surface area (Å²) < 4.78 is 24.7. The van der Waals surface area contributed by atoms with Crippen LogP contribution in [0, 0.1) is 0 Å². The van der Waals surface area contributed by atoms with Crippen molar-refractivity contribution in [1.29, 1.82) is 0 Å². The van der Waals surface area contributed by atoms with E-state index in [4.69, 9.17) is 18.0 Å². The summed E-state index contributed by atoms with van der Waals surface area (Å²) in [5.74, 6) is 0.138. The molecule has 0 fully saturated rings. The van der Waals surface area contributed by atoms with Crippen LogP contribution in [0.1, 0.15) is 32.3 Å². The van der Waals surface area contributed by atoms with Gasteiger partial charge in [-0.1, -0.05) is 38.2 Å². The smallest absolute Gasteiger partial charge is 0.179 e. The molecule has 0 saturated carbocycles. The van der Waals surface area contributed by atoms with E-state index in [9.17, 15) is 8.42 Å². The second-order valence-electron chi connectivity index (χ2n) is 5.05. The fourth-order valence-corrected chi connectivity index (χ4v) is 3.58. The predicted octanol–water partition coefficient (Wildman–Crippen LogP) is 2.22. The molecule has 0 heterocycles. The van der Waals surface area contributed by atoms with Gasteiger partial charge in [0.25, 0.3) is 0 Å². The highest BCUT2D eigenvalue weighted by atomic mass is 32.2. The summed E-state index contributed by atoms with van der Waals surface area (Å²) in [6.07, 6.45) is 2.06. The third-order valence-corrected chi connectivity index (χ3v) is 5.20. The van der Waals surface area contributed by atoms with Crippen LogP contribution in [-0.4, -0.2) is 43.7 Å². The molecule has 0 spiro atoms. The number of nitrogens with two attached hydrogens (primary N) is 1. The van der Waals surface area contributed by atoms with Crippen LogP contribution in [0.15, 0.2) is 29.2 Å². The van der Waals surface area contributed by atoms with Crippen molar-refractivity contribution in [2.45, 2.75) is 31.6 Å². The quantitative estimate of drug-likeness (QED) is 0.704. The lowest BCUT2D eigenvalue weighted by Gasteiger charge is -2.20. The van der Waals surface area contributed by atoms with Crippen LogP contribution >= 0.6 is 12.2 Å². The molecular formula is C15H24N2O2S2. The Bertz CT molecular complexity index is 548. The van der Waals surface area contributed by atoms with Gasteiger partial charge >= 0.3 is 0 Å². The molecule has 0 bridgehead atoms. The number of thiocarbonyl (C=S) groups is 1. The van der Waals surface area contributed by atoms with Gasteiger partial charge in [0.1, 0.15) is 4.99 Å². The Morgan fingerprint density at radius 1 is 1.10 bits per heavy atom. The molecule has 0 amide bonds. The van der Waals surface area contributed by atoms with Crippen LogP contribution in [-0.2, 0) is 9.84 Å². The van der Waals surface area contributed by atoms with Crippen molar-refractivity contribution >= 4 is 27.0 Å². The van der Waals surface area contributed by atoms with Gasteiger partial charge in [0.15, 0.2) is 9.84 Å². The van der Waals surface area contributed by atoms with Crippen molar-refractivity contribution in [1.82, 2.24) is 4.90 Å². The van der Waals surface area contributed by atoms with Crippen molar-refractivity contribution in [3.63, 3.8) is 0 Å². The van der Waals surface area contributed by atoms with Crippen LogP contribution < -0.4 is 5.73 Å². The molecule has 4 nitrogen and oxygen atoms in total. The third-order valence-electron chi connectivity index (χ3n) is 3.25. The fraction of sp³-hybridized carbons (Fsp3) is 0.533. The van der Waals surface area contributed by atoms with Gasteiger partial charge in [-0.3, -0.25) is 0 Å². The molecule has 0 saturated heterocycles. The van der Waals surface area contributed by atoms with E-state index in [1.807, 2.05) is 0 Å². The van der Waals surface area contributed by atoms with E-state index in [1.165, 1.54) is 0 Å². The van der Waals surface area contributed by atoms with Crippen LogP contribution in [0.3, 0.4) is 0 Å². The van der Waals surface area contributed by atoms with Gasteiger partial charge in [0.2, 0.25) is 0 Å². The molecule has 1 rings (SSSR count). The monoisotopic (exact) mass is 328 g/mol. The zero-order valence-corrected chi connectivity index (χ0v) is 14.3. The number of rotatable bonds is 9. The summed E-state index contributed by atoms with van der Waals surface area (Å²) in [5, 5.41) is 0. The predicted molar refractivity (Wildman–Crippen MR) is 91.4 cm³/mol. The maximum atomic E-state index is 12.3. The van der Waals surface area contributed by atoms with E-state index in [-0.39, 0.29) is 10.7 Å². The Morgan fingerprint density at radius 2 is 1.62 bits per heavy atom. The maximum Gasteiger partial charge on any atom is 0.179 e. The van der Waals surface area contributed by atoms with E-state index in [0.29, 0.717) is 17.0 Å². The van der Waals surface area contributed by atoms with Gasteiger partial charge in [-0.05, 0) is 38.1 Å². The number of hydrogen-bond donors (Lipinski definition) is 1. The number of hydrogen-bond acceptors (Lipinski definition) is 4. The minimum absolute atomic E-state index is 0.138. The molecule has 0 unspecified atom stereocenters. The lowest BCUT2D eigenvalue weighted by Crippen LogP contribution is -2.31. The van der Waals surface area contributed by atoms with Crippen LogP contribution in [0.2, 0.25) is 0 Å². The topological polar surface area (TPSA) is 63.4 Å². The third kappa shape index (κ3) is 5.73. The molecule has 118 valence electrons. The van der Waals surface area contributed by atoms with Crippen molar-refractivity contribution < 1.29 is 8.42 Å². The van der Waals surface area contributed by atoms with Crippen molar-refractivity contribution in [3.05, 3.63) is 29.8 Å². The molecule has 0 atom stereocenters. The SMILES string of the molecule is CCCN(CCC)CCS(=O)(=O)c1ccc(C(N)=S)cc1. The first-order chi connectivity index (χ1) is 9.90. The Labute approximate surface area is 133 Å². The molecule has 0 aliphatic heterocycles. The normalized spacial score (nSPS) is 11.8. The average Bonchev–Trinajstić information content (AvgIpc) is 2.45. The number of nitrogens with zero attached hydrogens (tertiary/aromatic N) is 1. The molecule has 0 aromatic heterocycles. The van der Waals surface area contributed by atoms with Crippen LogP contribution in [0.5, 0.6) is 0 Å². The summed E-state index contributed by atoms with van der Waals surface area (Å²) in [4.78, 5) is 2.80. The molecular weight excluding hydrogens is 304 g/mol. The minimum Gasteiger partial charge on any atom is -0.389 e. The molecule has 2 N–H and O–H groups in total. The summed E-state index contributed by atoms with van der Waals surface area (Å²) in [7, 11) is -3.26. The van der Waals surface area contributed by atoms with Gasteiger partial charge < -0.3 is 10.6 Å². The van der Waals surface area contributed by atoms with Crippen molar-refractivity contribution in [3.8, 4) is 0 Å². The highest BCUT2D eigenvalue weighted by Gasteiger charge is 2.16. The highest BCUT2D eigenvalue weighted by Crippen LogP contribution is 2.13. The zero-order chi connectivity index (χ0) is 15.9. The van der Waals surface area contributed by atoms with Gasteiger partial charge in [0.05, 0.1) is 10.6 Å². The molecule has 1 aromatic carbocycles. The van der Waals surface area contributed by atoms with E-state index < -0.39 is 9.84 Å². The second kappa shape index (κ2) is 8.46. The zero-order valence-electron chi connectivity index (χ0n) is 12.7. The van der Waals surface area contributed by atoms with Crippen LogP contribution in [0.4, 0.5) is 0 Å². The van der Waals surface area contributed by atoms with Gasteiger partial charge in [-0.2, -0.15) is 0 Å². The van der Waals surface area contributed by atoms with Crippen molar-refractivity contribution in [2.24, 2.45) is 5.73 Å². The van der Waals surface area contributed by atoms with Gasteiger partial charge in [0, 0.05) is 12.1 Å². The molecule has 0 aliphatic carbocycles. The number of sulfone groups is 1. The fourth-order valence-electron chi connectivity index (χ4n) is 2.16. The van der Waals surface area contributed by atoms with Gasteiger partial charge in [-0.15, -0.1) is 0 Å². The minimum atomic E-state index is -3.26. The average molecular weight is 329 g/mol. The van der Waals surface area contributed by atoms with E-state index in [1.54, 1.807) is 24.3 Å². The molecule has 0 radical (unpaired) electrons. The van der Waals surface area contributed by atoms with Gasteiger partial charge in [-0.25, -0.2) is 8.42 Å². The lowest BCUT2D eigenvalue weighted by molar-refractivity contribution is 0.290.